The molecular weight excluding hydrogens is 248 g/mol. The van der Waals surface area contributed by atoms with Crippen molar-refractivity contribution in [1.29, 1.82) is 0 Å². The molecule has 0 N–H and O–H groups in total. The van der Waals surface area contributed by atoms with Crippen molar-refractivity contribution in [3.05, 3.63) is 59.0 Å². The molecule has 2 aliphatic rings. The van der Waals surface area contributed by atoms with E-state index in [-0.39, 0.29) is 6.04 Å². The summed E-state index contributed by atoms with van der Waals surface area (Å²) < 4.78 is 5.86. The van der Waals surface area contributed by atoms with Gasteiger partial charge in [-0.15, -0.1) is 0 Å². The Morgan fingerprint density at radius 1 is 1.20 bits per heavy atom. The van der Waals surface area contributed by atoms with Crippen molar-refractivity contribution in [3.63, 3.8) is 0 Å². The van der Waals surface area contributed by atoms with Gasteiger partial charge in [0.15, 0.2) is 0 Å². The first-order valence-electron chi connectivity index (χ1n) is 7.20. The lowest BCUT2D eigenvalue weighted by Crippen LogP contribution is -2.27. The molecular formula is C17H18N2O. The SMILES string of the molecule is Cc1ccc([C@@H]2[C@H]3CCc4ccccc4C3=NN2C)o1. The summed E-state index contributed by atoms with van der Waals surface area (Å²) in [6, 6.07) is 13.0. The molecule has 3 heteroatoms. The molecule has 0 fully saturated rings. The molecule has 2 heterocycles. The molecule has 1 aliphatic carbocycles. The van der Waals surface area contributed by atoms with E-state index >= 15 is 0 Å². The lowest BCUT2D eigenvalue weighted by Gasteiger charge is -2.27. The minimum atomic E-state index is 0.243. The molecule has 0 spiro atoms. The average molecular weight is 266 g/mol. The van der Waals surface area contributed by atoms with Crippen LogP contribution in [0.1, 0.15) is 35.1 Å². The van der Waals surface area contributed by atoms with Crippen molar-refractivity contribution in [3.8, 4) is 0 Å². The van der Waals surface area contributed by atoms with Crippen molar-refractivity contribution < 1.29 is 4.42 Å². The predicted octanol–water partition coefficient (Wildman–Crippen LogP) is 3.54. The monoisotopic (exact) mass is 266 g/mol. The molecule has 0 amide bonds. The van der Waals surface area contributed by atoms with Crippen molar-refractivity contribution in [2.45, 2.75) is 25.8 Å². The topological polar surface area (TPSA) is 28.7 Å². The third kappa shape index (κ3) is 1.62. The third-order valence-corrected chi connectivity index (χ3v) is 4.47. The van der Waals surface area contributed by atoms with Gasteiger partial charge in [-0.3, -0.25) is 5.01 Å². The number of hydrazone groups is 1. The number of furan rings is 1. The molecule has 4 rings (SSSR count). The van der Waals surface area contributed by atoms with Crippen LogP contribution >= 0.6 is 0 Å². The molecule has 102 valence electrons. The fraction of sp³-hybridized carbons (Fsp3) is 0.353. The predicted molar refractivity (Wildman–Crippen MR) is 78.7 cm³/mol. The number of benzene rings is 1. The average Bonchev–Trinajstić information content (AvgIpc) is 3.01. The Bertz CT molecular complexity index is 686. The number of rotatable bonds is 1. The number of aryl methyl sites for hydroxylation is 2. The van der Waals surface area contributed by atoms with Gasteiger partial charge in [0.2, 0.25) is 0 Å². The van der Waals surface area contributed by atoms with E-state index in [2.05, 4.69) is 42.4 Å². The quantitative estimate of drug-likeness (QED) is 0.790. The Kier molecular flexibility index (Phi) is 2.49. The van der Waals surface area contributed by atoms with Crippen molar-refractivity contribution >= 4 is 5.71 Å². The molecule has 0 unspecified atom stereocenters. The van der Waals surface area contributed by atoms with Crippen LogP contribution in [0.5, 0.6) is 0 Å². The summed E-state index contributed by atoms with van der Waals surface area (Å²) in [4.78, 5) is 0. The summed E-state index contributed by atoms with van der Waals surface area (Å²) in [6.45, 7) is 2.00. The zero-order valence-electron chi connectivity index (χ0n) is 11.8. The van der Waals surface area contributed by atoms with E-state index in [4.69, 9.17) is 9.52 Å². The first-order chi connectivity index (χ1) is 9.74. The van der Waals surface area contributed by atoms with Gasteiger partial charge in [-0.05, 0) is 37.5 Å². The number of fused-ring (bicyclic) bond motifs is 3. The van der Waals surface area contributed by atoms with Crippen LogP contribution < -0.4 is 0 Å². The second-order valence-electron chi connectivity index (χ2n) is 5.75. The second-order valence-corrected chi connectivity index (χ2v) is 5.75. The highest BCUT2D eigenvalue weighted by atomic mass is 16.3. The first-order valence-corrected chi connectivity index (χ1v) is 7.20. The van der Waals surface area contributed by atoms with Gasteiger partial charge in [-0.1, -0.05) is 24.3 Å². The van der Waals surface area contributed by atoms with Crippen LogP contribution in [0.3, 0.4) is 0 Å². The summed E-state index contributed by atoms with van der Waals surface area (Å²) in [5, 5.41) is 6.88. The van der Waals surface area contributed by atoms with Gasteiger partial charge in [0.25, 0.3) is 0 Å². The number of nitrogens with zero attached hydrogens (tertiary/aromatic N) is 2. The summed E-state index contributed by atoms with van der Waals surface area (Å²) in [5.41, 5.74) is 3.97. The molecule has 0 radical (unpaired) electrons. The molecule has 3 nitrogen and oxygen atoms in total. The summed E-state index contributed by atoms with van der Waals surface area (Å²) in [5.74, 6) is 2.45. The fourth-order valence-corrected chi connectivity index (χ4v) is 3.56. The smallest absolute Gasteiger partial charge is 0.128 e. The van der Waals surface area contributed by atoms with Gasteiger partial charge >= 0.3 is 0 Å². The maximum Gasteiger partial charge on any atom is 0.128 e. The van der Waals surface area contributed by atoms with Crippen LogP contribution in [0.2, 0.25) is 0 Å². The fourth-order valence-electron chi connectivity index (χ4n) is 3.56. The molecule has 1 aliphatic heterocycles. The Hall–Kier alpha value is -2.03. The Morgan fingerprint density at radius 3 is 2.85 bits per heavy atom. The molecule has 20 heavy (non-hydrogen) atoms. The molecule has 2 aromatic rings. The molecule has 0 bridgehead atoms. The van der Waals surface area contributed by atoms with Crippen LogP contribution in [0.25, 0.3) is 0 Å². The highest BCUT2D eigenvalue weighted by molar-refractivity contribution is 6.05. The molecule has 1 aromatic heterocycles. The molecule has 0 saturated heterocycles. The van der Waals surface area contributed by atoms with Crippen molar-refractivity contribution in [2.24, 2.45) is 11.0 Å². The van der Waals surface area contributed by atoms with E-state index in [1.165, 1.54) is 16.8 Å². The summed E-state index contributed by atoms with van der Waals surface area (Å²) in [6.07, 6.45) is 2.27. The molecule has 2 atom stereocenters. The van der Waals surface area contributed by atoms with Crippen LogP contribution in [-0.2, 0) is 6.42 Å². The first kappa shape index (κ1) is 11.8. The number of hydrogen-bond donors (Lipinski definition) is 0. The second kappa shape index (κ2) is 4.23. The van der Waals surface area contributed by atoms with Gasteiger partial charge in [0, 0.05) is 18.5 Å². The minimum Gasteiger partial charge on any atom is -0.464 e. The van der Waals surface area contributed by atoms with E-state index in [0.717, 1.165) is 24.4 Å². The molecule has 1 aromatic carbocycles. The van der Waals surface area contributed by atoms with Gasteiger partial charge in [-0.25, -0.2) is 0 Å². The van der Waals surface area contributed by atoms with Crippen molar-refractivity contribution in [2.75, 3.05) is 7.05 Å². The zero-order chi connectivity index (χ0) is 13.7. The third-order valence-electron chi connectivity index (χ3n) is 4.47. The normalized spacial score (nSPS) is 24.3. The van der Waals surface area contributed by atoms with Crippen molar-refractivity contribution in [1.82, 2.24) is 5.01 Å². The Balaban J connectivity index is 1.76. The van der Waals surface area contributed by atoms with Crippen LogP contribution in [0, 0.1) is 12.8 Å². The Morgan fingerprint density at radius 2 is 2.05 bits per heavy atom. The number of hydrogen-bond acceptors (Lipinski definition) is 3. The largest absolute Gasteiger partial charge is 0.464 e. The lowest BCUT2D eigenvalue weighted by atomic mass is 9.78. The van der Waals surface area contributed by atoms with E-state index < -0.39 is 0 Å². The standard InChI is InChI=1S/C17H18N2O/c1-11-7-10-15(20-11)17-14-9-8-12-5-3-4-6-13(12)16(14)18-19(17)2/h3-7,10,14,17H,8-9H2,1-2H3/t14-,17-/m0/s1. The molecule has 0 saturated carbocycles. The maximum absolute atomic E-state index is 5.86. The van der Waals surface area contributed by atoms with Gasteiger partial charge in [0.1, 0.15) is 17.6 Å². The van der Waals surface area contributed by atoms with Gasteiger partial charge in [0.05, 0.1) is 5.71 Å². The maximum atomic E-state index is 5.86. The summed E-state index contributed by atoms with van der Waals surface area (Å²) in [7, 11) is 2.05. The van der Waals surface area contributed by atoms with E-state index in [0.29, 0.717) is 5.92 Å². The lowest BCUT2D eigenvalue weighted by molar-refractivity contribution is 0.209. The van der Waals surface area contributed by atoms with Gasteiger partial charge < -0.3 is 4.42 Å². The van der Waals surface area contributed by atoms with Gasteiger partial charge in [-0.2, -0.15) is 5.10 Å². The van der Waals surface area contributed by atoms with Crippen LogP contribution in [0.15, 0.2) is 45.9 Å². The van der Waals surface area contributed by atoms with Crippen LogP contribution in [0.4, 0.5) is 0 Å². The van der Waals surface area contributed by atoms with E-state index in [1.54, 1.807) is 0 Å². The summed E-state index contributed by atoms with van der Waals surface area (Å²) >= 11 is 0. The highest BCUT2D eigenvalue weighted by Crippen LogP contribution is 2.42. The Labute approximate surface area is 118 Å². The van der Waals surface area contributed by atoms with E-state index in [1.807, 2.05) is 13.0 Å². The highest BCUT2D eigenvalue weighted by Gasteiger charge is 2.41. The van der Waals surface area contributed by atoms with Crippen LogP contribution in [-0.4, -0.2) is 17.8 Å². The minimum absolute atomic E-state index is 0.243. The van der Waals surface area contributed by atoms with E-state index in [9.17, 15) is 0 Å². The zero-order valence-corrected chi connectivity index (χ0v) is 11.8.